The Balaban J connectivity index is 1.29. The molecule has 0 spiro atoms. The maximum absolute atomic E-state index is 11.8. The van der Waals surface area contributed by atoms with E-state index in [0.29, 0.717) is 19.0 Å². The zero-order chi connectivity index (χ0) is 16.8. The van der Waals surface area contributed by atoms with E-state index in [2.05, 4.69) is 45.9 Å². The first kappa shape index (κ1) is 17.2. The fourth-order valence-corrected chi connectivity index (χ4v) is 3.52. The van der Waals surface area contributed by atoms with Gasteiger partial charge < -0.3 is 20.6 Å². The maximum atomic E-state index is 11.8. The fraction of sp³-hybridized carbons (Fsp3) is 0.632. The second-order valence-electron chi connectivity index (χ2n) is 7.33. The van der Waals surface area contributed by atoms with Crippen molar-refractivity contribution in [3.8, 4) is 0 Å². The van der Waals surface area contributed by atoms with Gasteiger partial charge in [0.15, 0.2) is 0 Å². The van der Waals surface area contributed by atoms with Crippen molar-refractivity contribution in [2.24, 2.45) is 5.92 Å². The molecule has 2 fully saturated rings. The molecule has 24 heavy (non-hydrogen) atoms. The molecule has 1 atom stereocenters. The summed E-state index contributed by atoms with van der Waals surface area (Å²) in [4.78, 5) is 14.3. The van der Waals surface area contributed by atoms with Crippen LogP contribution in [0.4, 0.5) is 4.79 Å². The molecule has 0 bridgehead atoms. The van der Waals surface area contributed by atoms with Gasteiger partial charge in [0.1, 0.15) is 0 Å². The summed E-state index contributed by atoms with van der Waals surface area (Å²) in [5.41, 5.74) is 0.728. The van der Waals surface area contributed by atoms with Gasteiger partial charge in [-0.1, -0.05) is 30.3 Å². The van der Waals surface area contributed by atoms with Crippen LogP contribution in [0.2, 0.25) is 0 Å². The number of amides is 2. The Morgan fingerprint density at radius 1 is 1.25 bits per heavy atom. The highest BCUT2D eigenvalue weighted by Crippen LogP contribution is 2.30. The molecule has 1 aliphatic carbocycles. The summed E-state index contributed by atoms with van der Waals surface area (Å²) in [6.07, 6.45) is 4.87. The minimum absolute atomic E-state index is 0.155. The van der Waals surface area contributed by atoms with Crippen molar-refractivity contribution < 1.29 is 9.90 Å². The molecule has 132 valence electrons. The van der Waals surface area contributed by atoms with E-state index < -0.39 is 5.60 Å². The molecule has 2 aliphatic rings. The zero-order valence-electron chi connectivity index (χ0n) is 14.3. The summed E-state index contributed by atoms with van der Waals surface area (Å²) in [5, 5.41) is 15.7. The monoisotopic (exact) mass is 331 g/mol. The molecular weight excluding hydrogens is 302 g/mol. The van der Waals surface area contributed by atoms with Crippen molar-refractivity contribution in [1.82, 2.24) is 15.5 Å². The number of urea groups is 1. The summed E-state index contributed by atoms with van der Waals surface area (Å²) >= 11 is 0. The van der Waals surface area contributed by atoms with E-state index in [1.807, 2.05) is 0 Å². The normalized spacial score (nSPS) is 22.8. The Labute approximate surface area is 144 Å². The lowest BCUT2D eigenvalue weighted by molar-refractivity contribution is -0.0290. The molecule has 1 saturated heterocycles. The predicted octanol–water partition coefficient (Wildman–Crippen LogP) is 1.77. The number of likely N-dealkylation sites (tertiary alicyclic amines) is 1. The average molecular weight is 331 g/mol. The summed E-state index contributed by atoms with van der Waals surface area (Å²) in [6.45, 7) is 4.33. The second kappa shape index (κ2) is 7.99. The van der Waals surface area contributed by atoms with Gasteiger partial charge in [-0.3, -0.25) is 0 Å². The largest absolute Gasteiger partial charge is 0.388 e. The molecule has 1 aromatic rings. The van der Waals surface area contributed by atoms with Gasteiger partial charge in [0.25, 0.3) is 0 Å². The highest BCUT2D eigenvalue weighted by molar-refractivity contribution is 5.73. The van der Waals surface area contributed by atoms with Gasteiger partial charge in [0.2, 0.25) is 0 Å². The molecule has 3 N–H and O–H groups in total. The van der Waals surface area contributed by atoms with E-state index in [-0.39, 0.29) is 6.03 Å². The van der Waals surface area contributed by atoms with E-state index in [1.54, 1.807) is 0 Å². The van der Waals surface area contributed by atoms with Gasteiger partial charge in [0, 0.05) is 26.2 Å². The van der Waals surface area contributed by atoms with Crippen molar-refractivity contribution in [3.05, 3.63) is 35.9 Å². The van der Waals surface area contributed by atoms with Crippen LogP contribution < -0.4 is 10.6 Å². The van der Waals surface area contributed by atoms with Crippen LogP contribution in [0.3, 0.4) is 0 Å². The first-order valence-corrected chi connectivity index (χ1v) is 9.13. The minimum atomic E-state index is -0.654. The number of aliphatic hydroxyl groups is 1. The van der Waals surface area contributed by atoms with Gasteiger partial charge in [-0.2, -0.15) is 0 Å². The summed E-state index contributed by atoms with van der Waals surface area (Å²) in [5.74, 6) is 0.526. The van der Waals surface area contributed by atoms with Crippen molar-refractivity contribution >= 4 is 6.03 Å². The molecule has 5 heteroatoms. The Morgan fingerprint density at radius 3 is 2.75 bits per heavy atom. The number of carbonyl (C=O) groups is 1. The van der Waals surface area contributed by atoms with Crippen LogP contribution in [0, 0.1) is 5.92 Å². The Morgan fingerprint density at radius 2 is 2.04 bits per heavy atom. The summed E-state index contributed by atoms with van der Waals surface area (Å²) < 4.78 is 0. The van der Waals surface area contributed by atoms with Crippen LogP contribution in [0.5, 0.6) is 0 Å². The van der Waals surface area contributed by atoms with Crippen LogP contribution in [0.15, 0.2) is 30.3 Å². The van der Waals surface area contributed by atoms with Crippen molar-refractivity contribution in [2.45, 2.75) is 37.7 Å². The highest BCUT2D eigenvalue weighted by Gasteiger charge is 2.34. The number of hydrogen-bond acceptors (Lipinski definition) is 3. The predicted molar refractivity (Wildman–Crippen MR) is 94.9 cm³/mol. The highest BCUT2D eigenvalue weighted by atomic mass is 16.3. The maximum Gasteiger partial charge on any atom is 0.314 e. The lowest BCUT2D eigenvalue weighted by atomic mass is 9.80. The summed E-state index contributed by atoms with van der Waals surface area (Å²) in [6, 6.07) is 10.4. The molecule has 5 nitrogen and oxygen atoms in total. The number of carbonyl (C=O) groups excluding carboxylic acids is 1. The van der Waals surface area contributed by atoms with E-state index in [9.17, 15) is 9.90 Å². The SMILES string of the molecule is O=C(NC[C@H]1CCN(CCc2ccccc2)C1)NCC1(O)CCC1. The van der Waals surface area contributed by atoms with Crippen LogP contribution in [0.1, 0.15) is 31.2 Å². The Hall–Kier alpha value is -1.59. The molecule has 1 heterocycles. The van der Waals surface area contributed by atoms with E-state index >= 15 is 0 Å². The van der Waals surface area contributed by atoms with Crippen molar-refractivity contribution in [1.29, 1.82) is 0 Å². The zero-order valence-corrected chi connectivity index (χ0v) is 14.3. The average Bonchev–Trinajstić information content (AvgIpc) is 3.03. The Kier molecular flexibility index (Phi) is 5.74. The minimum Gasteiger partial charge on any atom is -0.388 e. The van der Waals surface area contributed by atoms with Gasteiger partial charge >= 0.3 is 6.03 Å². The molecular formula is C19H29N3O2. The number of hydrogen-bond donors (Lipinski definition) is 3. The van der Waals surface area contributed by atoms with E-state index in [0.717, 1.165) is 51.7 Å². The van der Waals surface area contributed by atoms with Crippen molar-refractivity contribution in [3.63, 3.8) is 0 Å². The molecule has 2 amide bonds. The molecule has 0 radical (unpaired) electrons. The topological polar surface area (TPSA) is 64.6 Å². The van der Waals surface area contributed by atoms with Gasteiger partial charge in [0.05, 0.1) is 5.60 Å². The number of rotatable bonds is 7. The molecule has 1 aliphatic heterocycles. The van der Waals surface area contributed by atoms with Crippen LogP contribution in [-0.2, 0) is 6.42 Å². The number of nitrogens with one attached hydrogen (secondary N) is 2. The van der Waals surface area contributed by atoms with Gasteiger partial charge in [-0.15, -0.1) is 0 Å². The van der Waals surface area contributed by atoms with E-state index in [4.69, 9.17) is 0 Å². The van der Waals surface area contributed by atoms with E-state index in [1.165, 1.54) is 5.56 Å². The standard InChI is InChI=1S/C19H29N3O2/c23-18(21-15-19(24)9-4-10-19)20-13-17-8-12-22(14-17)11-7-16-5-2-1-3-6-16/h1-3,5-6,17,24H,4,7-15H2,(H2,20,21,23)/t17-/m1/s1. The molecule has 1 aromatic carbocycles. The number of nitrogens with zero attached hydrogens (tertiary/aromatic N) is 1. The fourth-order valence-electron chi connectivity index (χ4n) is 3.52. The lowest BCUT2D eigenvalue weighted by Gasteiger charge is -2.36. The second-order valence-corrected chi connectivity index (χ2v) is 7.33. The smallest absolute Gasteiger partial charge is 0.314 e. The molecule has 3 rings (SSSR count). The number of benzene rings is 1. The van der Waals surface area contributed by atoms with Crippen LogP contribution in [0.25, 0.3) is 0 Å². The first-order valence-electron chi connectivity index (χ1n) is 9.13. The third kappa shape index (κ3) is 4.95. The third-order valence-electron chi connectivity index (χ3n) is 5.34. The van der Waals surface area contributed by atoms with Gasteiger partial charge in [-0.25, -0.2) is 4.79 Å². The van der Waals surface area contributed by atoms with Crippen LogP contribution >= 0.6 is 0 Å². The first-order chi connectivity index (χ1) is 11.6. The van der Waals surface area contributed by atoms with Gasteiger partial charge in [-0.05, 0) is 50.1 Å². The lowest BCUT2D eigenvalue weighted by Crippen LogP contribution is -2.50. The molecule has 0 aromatic heterocycles. The quantitative estimate of drug-likeness (QED) is 0.713. The molecule has 0 unspecified atom stereocenters. The van der Waals surface area contributed by atoms with Crippen LogP contribution in [-0.4, -0.2) is 54.4 Å². The summed E-state index contributed by atoms with van der Waals surface area (Å²) in [7, 11) is 0. The third-order valence-corrected chi connectivity index (χ3v) is 5.34. The van der Waals surface area contributed by atoms with Crippen molar-refractivity contribution in [2.75, 3.05) is 32.7 Å². The Bertz CT molecular complexity index is 531. The molecule has 1 saturated carbocycles.